The van der Waals surface area contributed by atoms with Crippen molar-refractivity contribution in [3.8, 4) is 22.3 Å². The first kappa shape index (κ1) is 38.8. The minimum absolute atomic E-state index is 0. The van der Waals surface area contributed by atoms with Crippen LogP contribution in [0.15, 0.2) is 96.1 Å². The van der Waals surface area contributed by atoms with Gasteiger partial charge in [-0.2, -0.15) is 0 Å². The van der Waals surface area contributed by atoms with Gasteiger partial charge in [0, 0.05) is 0 Å². The Morgan fingerprint density at radius 3 is 1.46 bits per heavy atom. The minimum atomic E-state index is -2.18. The van der Waals surface area contributed by atoms with E-state index in [9.17, 15) is 0 Å². The summed E-state index contributed by atoms with van der Waals surface area (Å²) in [7, 11) is 0. The second-order valence-corrected chi connectivity index (χ2v) is 32.4. The fourth-order valence-electron chi connectivity index (χ4n) is 7.94. The average Bonchev–Trinajstić information content (AvgIpc) is 3.62. The van der Waals surface area contributed by atoms with Crippen molar-refractivity contribution in [1.29, 1.82) is 0 Å². The van der Waals surface area contributed by atoms with E-state index in [4.69, 9.17) is 0 Å². The van der Waals surface area contributed by atoms with E-state index in [2.05, 4.69) is 159 Å². The van der Waals surface area contributed by atoms with E-state index >= 15 is 0 Å². The molecule has 0 bridgehead atoms. The Morgan fingerprint density at radius 1 is 0.604 bits per heavy atom. The minimum Gasteiger partial charge on any atom is -1.00 e. The smallest absolute Gasteiger partial charge is 1.00 e. The first-order chi connectivity index (χ1) is 22.1. The zero-order valence-corrected chi connectivity index (χ0v) is 35.3. The molecule has 2 aliphatic carbocycles. The fraction of sp³-hybridized carbons (Fsp3) is 0.364. The van der Waals surface area contributed by atoms with Crippen molar-refractivity contribution in [1.82, 2.24) is 0 Å². The summed E-state index contributed by atoms with van der Waals surface area (Å²) < 4.78 is 1.27. The third-order valence-electron chi connectivity index (χ3n) is 11.0. The molecule has 48 heavy (non-hydrogen) atoms. The van der Waals surface area contributed by atoms with Crippen molar-refractivity contribution in [2.75, 3.05) is 0 Å². The molecule has 0 spiro atoms. The van der Waals surface area contributed by atoms with Crippen LogP contribution in [0.1, 0.15) is 114 Å². The maximum absolute atomic E-state index is 2.65. The second kappa shape index (κ2) is 16.4. The van der Waals surface area contributed by atoms with Gasteiger partial charge >= 0.3 is 289 Å². The molecule has 4 heteroatoms. The number of halogens is 2. The summed E-state index contributed by atoms with van der Waals surface area (Å²) in [6, 6.07) is 33.3. The Labute approximate surface area is 311 Å². The molecule has 0 aromatic heterocycles. The van der Waals surface area contributed by atoms with Crippen molar-refractivity contribution < 1.29 is 45.2 Å². The molecule has 0 N–H and O–H groups in total. The van der Waals surface area contributed by atoms with E-state index in [1.807, 2.05) is 0 Å². The van der Waals surface area contributed by atoms with Crippen LogP contribution >= 0.6 is 0 Å². The van der Waals surface area contributed by atoms with Gasteiger partial charge in [-0.3, -0.25) is 0 Å². The van der Waals surface area contributed by atoms with Gasteiger partial charge in [0.05, 0.1) is 0 Å². The Balaban J connectivity index is 0.00000260. The first-order valence-corrected chi connectivity index (χ1v) is 26.7. The van der Waals surface area contributed by atoms with Crippen molar-refractivity contribution >= 4 is 17.6 Å². The summed E-state index contributed by atoms with van der Waals surface area (Å²) in [6.45, 7) is 21.9. The van der Waals surface area contributed by atoms with Gasteiger partial charge in [0.25, 0.3) is 0 Å². The normalized spacial score (nSPS) is 17.2. The summed E-state index contributed by atoms with van der Waals surface area (Å²) in [5.74, 6) is 1.76. The molecule has 0 amide bonds. The van der Waals surface area contributed by atoms with Crippen LogP contribution in [0.5, 0.6) is 0 Å². The second-order valence-electron chi connectivity index (χ2n) is 14.5. The van der Waals surface area contributed by atoms with E-state index in [0.29, 0.717) is 25.0 Å². The van der Waals surface area contributed by atoms with Crippen molar-refractivity contribution in [3.05, 3.63) is 129 Å². The van der Waals surface area contributed by atoms with E-state index in [-0.39, 0.29) is 24.8 Å². The van der Waals surface area contributed by atoms with E-state index in [1.165, 1.54) is 57.3 Å². The molecule has 0 nitrogen and oxygen atoms in total. The number of fused-ring (bicyclic) bond motifs is 2. The van der Waals surface area contributed by atoms with Crippen LogP contribution in [0.3, 0.4) is 0 Å². The van der Waals surface area contributed by atoms with Crippen LogP contribution in [-0.4, -0.2) is 5.43 Å². The quantitative estimate of drug-likeness (QED) is 0.159. The Morgan fingerprint density at radius 2 is 1.04 bits per heavy atom. The van der Waals surface area contributed by atoms with Gasteiger partial charge in [0.2, 0.25) is 0 Å². The Kier molecular flexibility index (Phi) is 13.2. The predicted molar refractivity (Wildman–Crippen MR) is 201 cm³/mol. The number of benzene rings is 4. The molecule has 250 valence electrons. The summed E-state index contributed by atoms with van der Waals surface area (Å²) >= 11 is -2.18. The molecular formula is C44H52Cl2SiZr. The number of hydrogen-bond acceptors (Lipinski definition) is 0. The van der Waals surface area contributed by atoms with E-state index in [1.54, 1.807) is 22.3 Å². The van der Waals surface area contributed by atoms with Crippen LogP contribution in [0, 0.1) is 5.92 Å². The van der Waals surface area contributed by atoms with Crippen molar-refractivity contribution in [2.24, 2.45) is 5.92 Å². The maximum Gasteiger partial charge on any atom is -1.00 e. The third kappa shape index (κ3) is 7.26. The van der Waals surface area contributed by atoms with Crippen LogP contribution in [0.4, 0.5) is 0 Å². The molecule has 0 saturated carbocycles. The van der Waals surface area contributed by atoms with Crippen LogP contribution in [0.25, 0.3) is 34.4 Å². The largest absolute Gasteiger partial charge is 1.00 e. The van der Waals surface area contributed by atoms with Gasteiger partial charge in [0.1, 0.15) is 0 Å². The van der Waals surface area contributed by atoms with Crippen molar-refractivity contribution in [2.45, 2.75) is 93.5 Å². The van der Waals surface area contributed by atoms with Gasteiger partial charge < -0.3 is 24.8 Å². The SMILES string of the molecule is CCC(C)c1ccc(-c2cccc3c2C=C(C)[CH]3[Zr+2]([CH]2C(C(C)C)=Cc3c(-c4ccc(C(C)CC)cc4)cccc32)=[Si](C)C)cc1.[Cl-].[Cl-]. The number of rotatable bonds is 9. The van der Waals surface area contributed by atoms with Gasteiger partial charge in [-0.1, -0.05) is 0 Å². The Hall–Kier alpha value is -1.96. The standard InChI is InChI=1S/C22H25.C20H21.C2H6Si.2ClH.Zr/c1-5-16(4)17-9-11-18(12-10-17)21-8-6-7-19-13-20(15(2)3)14-22(19)21;1-4-15(3)16-8-10-17(11-9-16)19-7-5-6-18-12-14(2)13-20(18)19;1-3-2;;;/h6-16H,5H2,1-4H3;5-13,15H,4H2,1-3H3;1-2H3;2*1H;/q;;;;;+2/p-2. The van der Waals surface area contributed by atoms with Gasteiger partial charge in [-0.05, 0) is 0 Å². The van der Waals surface area contributed by atoms with Crippen molar-refractivity contribution in [3.63, 3.8) is 0 Å². The topological polar surface area (TPSA) is 0 Å². The summed E-state index contributed by atoms with van der Waals surface area (Å²) in [5.41, 5.74) is 17.5. The molecule has 4 aromatic rings. The van der Waals surface area contributed by atoms with Crippen LogP contribution in [0.2, 0.25) is 13.1 Å². The average molecular weight is 771 g/mol. The molecule has 0 radical (unpaired) electrons. The molecule has 0 fully saturated rings. The van der Waals surface area contributed by atoms with E-state index in [0.717, 1.165) is 0 Å². The molecule has 0 aliphatic heterocycles. The fourth-order valence-corrected chi connectivity index (χ4v) is 28.8. The molecule has 2 aliphatic rings. The first-order valence-electron chi connectivity index (χ1n) is 17.7. The van der Waals surface area contributed by atoms with Gasteiger partial charge in [0.15, 0.2) is 0 Å². The monoisotopic (exact) mass is 768 g/mol. The van der Waals surface area contributed by atoms with Gasteiger partial charge in [-0.15, -0.1) is 0 Å². The molecule has 4 unspecified atom stereocenters. The number of allylic oxidation sites excluding steroid dienone is 2. The zero-order chi connectivity index (χ0) is 32.7. The molecule has 0 saturated heterocycles. The molecule has 6 rings (SSSR count). The maximum atomic E-state index is 2.65. The number of hydrogen-bond donors (Lipinski definition) is 0. The summed E-state index contributed by atoms with van der Waals surface area (Å²) in [4.78, 5) is 0. The third-order valence-corrected chi connectivity index (χ3v) is 30.7. The van der Waals surface area contributed by atoms with Gasteiger partial charge in [-0.25, -0.2) is 0 Å². The van der Waals surface area contributed by atoms with E-state index < -0.39 is 25.8 Å². The van der Waals surface area contributed by atoms with Crippen LogP contribution < -0.4 is 24.8 Å². The molecule has 4 aromatic carbocycles. The Bertz CT molecular complexity index is 1840. The predicted octanol–water partition coefficient (Wildman–Crippen LogP) is 7.18. The summed E-state index contributed by atoms with van der Waals surface area (Å²) in [6.07, 6.45) is 7.57. The summed E-state index contributed by atoms with van der Waals surface area (Å²) in [5, 5.41) is 0. The van der Waals surface area contributed by atoms with Crippen LogP contribution in [-0.2, 0) is 20.4 Å². The molecular weight excluding hydrogens is 719 g/mol. The zero-order valence-electron chi connectivity index (χ0n) is 30.3. The molecule has 0 heterocycles. The molecule has 4 atom stereocenters.